The number of rotatable bonds is 2. The summed E-state index contributed by atoms with van der Waals surface area (Å²) in [6.45, 7) is 2.81. The van der Waals surface area contributed by atoms with Gasteiger partial charge in [-0.2, -0.15) is 0 Å². The van der Waals surface area contributed by atoms with Gasteiger partial charge in [0.1, 0.15) is 0 Å². The highest BCUT2D eigenvalue weighted by molar-refractivity contribution is 6.30. The van der Waals surface area contributed by atoms with E-state index in [0.29, 0.717) is 12.5 Å². The Morgan fingerprint density at radius 3 is 2.39 bits per heavy atom. The zero-order valence-corrected chi connectivity index (χ0v) is 11.2. The van der Waals surface area contributed by atoms with Crippen LogP contribution in [0.2, 0.25) is 5.02 Å². The van der Waals surface area contributed by atoms with Crippen LogP contribution in [0.1, 0.15) is 29.5 Å². The van der Waals surface area contributed by atoms with E-state index >= 15 is 0 Å². The summed E-state index contributed by atoms with van der Waals surface area (Å²) in [7, 11) is 0. The van der Waals surface area contributed by atoms with Crippen molar-refractivity contribution in [1.29, 1.82) is 0 Å². The first-order chi connectivity index (χ1) is 8.74. The van der Waals surface area contributed by atoms with E-state index in [1.807, 2.05) is 6.07 Å². The highest BCUT2D eigenvalue weighted by Gasteiger charge is 2.27. The maximum absolute atomic E-state index is 6.11. The number of halogens is 1. The van der Waals surface area contributed by atoms with Gasteiger partial charge in [-0.05, 0) is 46.4 Å². The largest absolute Gasteiger partial charge is 0.330 e. The lowest BCUT2D eigenvalue weighted by molar-refractivity contribution is 0.839. The predicted molar refractivity (Wildman–Crippen MR) is 77.2 cm³/mol. The number of benzene rings is 2. The Morgan fingerprint density at radius 1 is 1.06 bits per heavy atom. The van der Waals surface area contributed by atoms with E-state index in [2.05, 4.69) is 37.3 Å². The van der Waals surface area contributed by atoms with Gasteiger partial charge in [0, 0.05) is 17.5 Å². The van der Waals surface area contributed by atoms with E-state index in [4.69, 9.17) is 17.3 Å². The monoisotopic (exact) mass is 257 g/mol. The Morgan fingerprint density at radius 2 is 1.72 bits per heavy atom. The molecule has 0 spiro atoms. The van der Waals surface area contributed by atoms with Crippen LogP contribution < -0.4 is 5.73 Å². The molecule has 0 aliphatic heterocycles. The summed E-state index contributed by atoms with van der Waals surface area (Å²) in [4.78, 5) is 0. The van der Waals surface area contributed by atoms with Crippen molar-refractivity contribution in [2.75, 3.05) is 6.54 Å². The molecule has 1 atom stereocenters. The van der Waals surface area contributed by atoms with Crippen molar-refractivity contribution >= 4 is 11.6 Å². The first-order valence-corrected chi connectivity index (χ1v) is 6.75. The number of hydrogen-bond donors (Lipinski definition) is 1. The Hall–Kier alpha value is -1.31. The number of hydrogen-bond acceptors (Lipinski definition) is 1. The average Bonchev–Trinajstić information content (AvgIpc) is 2.70. The molecule has 0 fully saturated rings. The first-order valence-electron chi connectivity index (χ1n) is 6.37. The van der Waals surface area contributed by atoms with Crippen molar-refractivity contribution in [2.45, 2.75) is 19.3 Å². The Labute approximate surface area is 113 Å². The molecule has 1 aliphatic rings. The van der Waals surface area contributed by atoms with Crippen LogP contribution in [0.4, 0.5) is 0 Å². The van der Waals surface area contributed by atoms with Crippen molar-refractivity contribution in [2.24, 2.45) is 5.73 Å². The van der Waals surface area contributed by atoms with Gasteiger partial charge in [-0.15, -0.1) is 0 Å². The third-order valence-corrected chi connectivity index (χ3v) is 4.05. The molecule has 0 bridgehead atoms. The van der Waals surface area contributed by atoms with Crippen molar-refractivity contribution in [1.82, 2.24) is 0 Å². The van der Waals surface area contributed by atoms with Crippen molar-refractivity contribution < 1.29 is 0 Å². The van der Waals surface area contributed by atoms with E-state index < -0.39 is 0 Å². The van der Waals surface area contributed by atoms with Crippen LogP contribution >= 0.6 is 11.6 Å². The molecule has 92 valence electrons. The zero-order chi connectivity index (χ0) is 12.7. The van der Waals surface area contributed by atoms with Crippen LogP contribution in [0.5, 0.6) is 0 Å². The van der Waals surface area contributed by atoms with Gasteiger partial charge in [0.05, 0.1) is 0 Å². The van der Waals surface area contributed by atoms with Crippen molar-refractivity contribution in [3.8, 4) is 11.1 Å². The van der Waals surface area contributed by atoms with Crippen LogP contribution in [-0.2, 0) is 6.42 Å². The standard InChI is InChI=1S/C16H16ClN/c1-2-10-3-5-12-13-6-4-11(17)8-15(13)16(9-18)14(12)7-10/h3-8,16H,2,9,18H2,1H3. The van der Waals surface area contributed by atoms with Crippen LogP contribution in [0, 0.1) is 0 Å². The summed E-state index contributed by atoms with van der Waals surface area (Å²) in [6.07, 6.45) is 1.06. The molecule has 18 heavy (non-hydrogen) atoms. The molecule has 0 radical (unpaired) electrons. The molecule has 2 N–H and O–H groups in total. The zero-order valence-electron chi connectivity index (χ0n) is 10.4. The molecule has 1 nitrogen and oxygen atoms in total. The van der Waals surface area contributed by atoms with E-state index in [9.17, 15) is 0 Å². The molecular formula is C16H16ClN. The van der Waals surface area contributed by atoms with E-state index in [-0.39, 0.29) is 0 Å². The molecular weight excluding hydrogens is 242 g/mol. The summed E-state index contributed by atoms with van der Waals surface area (Å²) >= 11 is 6.11. The average molecular weight is 258 g/mol. The fraction of sp³-hybridized carbons (Fsp3) is 0.250. The highest BCUT2D eigenvalue weighted by Crippen LogP contribution is 2.45. The van der Waals surface area contributed by atoms with Crippen LogP contribution in [-0.4, -0.2) is 6.54 Å². The van der Waals surface area contributed by atoms with Crippen LogP contribution in [0.25, 0.3) is 11.1 Å². The molecule has 2 aromatic rings. The van der Waals surface area contributed by atoms with Crippen molar-refractivity contribution in [3.05, 3.63) is 58.1 Å². The maximum atomic E-state index is 6.11. The summed E-state index contributed by atoms with van der Waals surface area (Å²) in [5.41, 5.74) is 12.6. The minimum Gasteiger partial charge on any atom is -0.330 e. The summed E-state index contributed by atoms with van der Waals surface area (Å²) in [5, 5.41) is 0.788. The lowest BCUT2D eigenvalue weighted by Gasteiger charge is -2.11. The molecule has 0 aromatic heterocycles. The Balaban J connectivity index is 2.23. The van der Waals surface area contributed by atoms with Gasteiger partial charge in [-0.25, -0.2) is 0 Å². The summed E-state index contributed by atoms with van der Waals surface area (Å²) in [5.74, 6) is 0.292. The second-order valence-electron chi connectivity index (χ2n) is 4.80. The van der Waals surface area contributed by atoms with Gasteiger partial charge in [0.15, 0.2) is 0 Å². The Bertz CT molecular complexity index is 604. The van der Waals surface area contributed by atoms with Gasteiger partial charge in [0.25, 0.3) is 0 Å². The molecule has 0 saturated heterocycles. The topological polar surface area (TPSA) is 26.0 Å². The van der Waals surface area contributed by atoms with Crippen LogP contribution in [0.3, 0.4) is 0 Å². The third-order valence-electron chi connectivity index (χ3n) is 3.81. The quantitative estimate of drug-likeness (QED) is 0.866. The second-order valence-corrected chi connectivity index (χ2v) is 5.23. The fourth-order valence-corrected chi connectivity index (χ4v) is 3.03. The van der Waals surface area contributed by atoms with E-state index in [1.54, 1.807) is 0 Å². The van der Waals surface area contributed by atoms with E-state index in [0.717, 1.165) is 11.4 Å². The smallest absolute Gasteiger partial charge is 0.0409 e. The van der Waals surface area contributed by atoms with Crippen molar-refractivity contribution in [3.63, 3.8) is 0 Å². The lowest BCUT2D eigenvalue weighted by Crippen LogP contribution is -2.11. The third kappa shape index (κ3) is 1.66. The second kappa shape index (κ2) is 4.42. The minimum atomic E-state index is 0.292. The molecule has 2 heteroatoms. The normalized spacial score (nSPS) is 16.5. The Kier molecular flexibility index (Phi) is 2.89. The van der Waals surface area contributed by atoms with Gasteiger partial charge >= 0.3 is 0 Å². The molecule has 2 aromatic carbocycles. The van der Waals surface area contributed by atoms with Crippen LogP contribution in [0.15, 0.2) is 36.4 Å². The molecule has 0 amide bonds. The minimum absolute atomic E-state index is 0.292. The number of fused-ring (bicyclic) bond motifs is 3. The first kappa shape index (κ1) is 11.8. The molecule has 0 heterocycles. The van der Waals surface area contributed by atoms with E-state index in [1.165, 1.54) is 27.8 Å². The summed E-state index contributed by atoms with van der Waals surface area (Å²) in [6, 6.07) is 12.8. The maximum Gasteiger partial charge on any atom is 0.0409 e. The number of aryl methyl sites for hydroxylation is 1. The summed E-state index contributed by atoms with van der Waals surface area (Å²) < 4.78 is 0. The molecule has 1 unspecified atom stereocenters. The van der Waals surface area contributed by atoms with Gasteiger partial charge < -0.3 is 5.73 Å². The predicted octanol–water partition coefficient (Wildman–Crippen LogP) is 3.97. The lowest BCUT2D eigenvalue weighted by atomic mass is 9.95. The highest BCUT2D eigenvalue weighted by atomic mass is 35.5. The van der Waals surface area contributed by atoms with Gasteiger partial charge in [-0.3, -0.25) is 0 Å². The molecule has 3 rings (SSSR count). The van der Waals surface area contributed by atoms with Gasteiger partial charge in [-0.1, -0.05) is 42.8 Å². The molecule has 0 saturated carbocycles. The SMILES string of the molecule is CCc1ccc2c(c1)C(CN)c1cc(Cl)ccc1-2. The fourth-order valence-electron chi connectivity index (χ4n) is 2.85. The van der Waals surface area contributed by atoms with Gasteiger partial charge in [0.2, 0.25) is 0 Å². The number of nitrogens with two attached hydrogens (primary N) is 1. The molecule has 1 aliphatic carbocycles.